The lowest BCUT2D eigenvalue weighted by molar-refractivity contribution is -0.138. The van der Waals surface area contributed by atoms with Crippen LogP contribution in [0.5, 0.6) is 5.75 Å². The molecule has 2 aliphatic rings. The summed E-state index contributed by atoms with van der Waals surface area (Å²) in [7, 11) is 2.08. The van der Waals surface area contributed by atoms with Gasteiger partial charge in [0.25, 0.3) is 0 Å². The van der Waals surface area contributed by atoms with E-state index in [1.54, 1.807) is 23.2 Å². The summed E-state index contributed by atoms with van der Waals surface area (Å²) in [6, 6.07) is 12.9. The van der Waals surface area contributed by atoms with Crippen LogP contribution in [-0.2, 0) is 16.0 Å². The van der Waals surface area contributed by atoms with E-state index in [9.17, 15) is 14.7 Å². The number of likely N-dealkylation sites (N-methyl/N-ethyl adjacent to an activating group) is 1. The first-order valence-electron chi connectivity index (χ1n) is 13.1. The van der Waals surface area contributed by atoms with E-state index in [1.165, 1.54) is 0 Å². The number of carbonyl (C=O) groups is 2. The normalized spacial score (nSPS) is 20.4. The summed E-state index contributed by atoms with van der Waals surface area (Å²) in [4.78, 5) is 37.4. The van der Waals surface area contributed by atoms with Crippen LogP contribution in [0.25, 0.3) is 10.9 Å². The fraction of sp³-hybridized carbons (Fsp3) is 0.414. The van der Waals surface area contributed by atoms with E-state index < -0.39 is 0 Å². The van der Waals surface area contributed by atoms with Crippen LogP contribution in [0.3, 0.4) is 0 Å². The van der Waals surface area contributed by atoms with Gasteiger partial charge in [0.2, 0.25) is 11.8 Å². The van der Waals surface area contributed by atoms with Gasteiger partial charge in [-0.1, -0.05) is 41.4 Å². The lowest BCUT2D eigenvalue weighted by atomic mass is 9.84. The van der Waals surface area contributed by atoms with Gasteiger partial charge in [-0.15, -0.1) is 0 Å². The molecule has 1 N–H and O–H groups in total. The molecule has 2 fully saturated rings. The number of amides is 2. The van der Waals surface area contributed by atoms with Crippen LogP contribution in [0.1, 0.15) is 31.2 Å². The van der Waals surface area contributed by atoms with E-state index in [-0.39, 0.29) is 46.0 Å². The number of benzene rings is 2. The highest BCUT2D eigenvalue weighted by Crippen LogP contribution is 2.42. The van der Waals surface area contributed by atoms with Crippen LogP contribution in [0, 0.1) is 5.92 Å². The van der Waals surface area contributed by atoms with Crippen LogP contribution in [-0.4, -0.2) is 71.0 Å². The molecule has 9 heteroatoms. The van der Waals surface area contributed by atoms with Gasteiger partial charge in [-0.05, 0) is 62.6 Å². The highest BCUT2D eigenvalue weighted by atomic mass is 35.5. The number of hydrogen-bond acceptors (Lipinski definition) is 5. The first-order valence-corrected chi connectivity index (χ1v) is 13.9. The molecule has 0 unspecified atom stereocenters. The maximum Gasteiger partial charge on any atom is 0.231 e. The molecule has 1 aliphatic heterocycles. The van der Waals surface area contributed by atoms with Crippen molar-refractivity contribution >= 4 is 51.6 Å². The number of phenols is 1. The SMILES string of the molecule is CN1CCN(C(=O)C2CCC(N(C(=O)Cc3cnc4ccccc4c3)c3ccc(Cl)c(O)c3Cl)CC2)CC1. The molecule has 0 spiro atoms. The Morgan fingerprint density at radius 1 is 1.03 bits per heavy atom. The number of halogens is 2. The van der Waals surface area contributed by atoms with Crippen LogP contribution < -0.4 is 4.90 Å². The average molecular weight is 556 g/mol. The molecule has 0 radical (unpaired) electrons. The molecule has 0 atom stereocenters. The van der Waals surface area contributed by atoms with Crippen molar-refractivity contribution in [2.75, 3.05) is 38.1 Å². The van der Waals surface area contributed by atoms with Crippen LogP contribution in [0.2, 0.25) is 10.0 Å². The van der Waals surface area contributed by atoms with Gasteiger partial charge in [-0.25, -0.2) is 0 Å². The molecule has 0 bridgehead atoms. The zero-order valence-corrected chi connectivity index (χ0v) is 23.0. The summed E-state index contributed by atoms with van der Waals surface area (Å²) >= 11 is 12.6. The third kappa shape index (κ3) is 5.60. The molecule has 3 aromatic rings. The largest absolute Gasteiger partial charge is 0.505 e. The Morgan fingerprint density at radius 3 is 2.47 bits per heavy atom. The third-order valence-electron chi connectivity index (χ3n) is 7.80. The van der Waals surface area contributed by atoms with Gasteiger partial charge in [-0.2, -0.15) is 0 Å². The summed E-state index contributed by atoms with van der Waals surface area (Å²) in [6.07, 6.45) is 4.61. The van der Waals surface area contributed by atoms with E-state index >= 15 is 0 Å². The van der Waals surface area contributed by atoms with E-state index in [0.29, 0.717) is 31.4 Å². The number of nitrogens with zero attached hydrogens (tertiary/aromatic N) is 4. The topological polar surface area (TPSA) is 77.0 Å². The molecule has 1 saturated heterocycles. The second kappa shape index (κ2) is 11.5. The predicted molar refractivity (Wildman–Crippen MR) is 151 cm³/mol. The Bertz CT molecular complexity index is 1330. The number of phenolic OH excluding ortho intramolecular Hbond substituents is 1. The zero-order chi connectivity index (χ0) is 26.8. The fourth-order valence-electron chi connectivity index (χ4n) is 5.59. The van der Waals surface area contributed by atoms with Crippen molar-refractivity contribution in [3.63, 3.8) is 0 Å². The Labute approximate surface area is 232 Å². The first kappa shape index (κ1) is 26.7. The number of aromatic nitrogens is 1. The molecule has 5 rings (SSSR count). The molecule has 200 valence electrons. The molecule has 7 nitrogen and oxygen atoms in total. The highest BCUT2D eigenvalue weighted by Gasteiger charge is 2.35. The maximum atomic E-state index is 13.8. The van der Waals surface area contributed by atoms with Crippen molar-refractivity contribution < 1.29 is 14.7 Å². The van der Waals surface area contributed by atoms with E-state index in [4.69, 9.17) is 23.2 Å². The summed E-state index contributed by atoms with van der Waals surface area (Å²) < 4.78 is 0. The summed E-state index contributed by atoms with van der Waals surface area (Å²) in [5, 5.41) is 11.6. The molecule has 2 aromatic carbocycles. The van der Waals surface area contributed by atoms with E-state index in [0.717, 1.165) is 42.6 Å². The van der Waals surface area contributed by atoms with Gasteiger partial charge >= 0.3 is 0 Å². The van der Waals surface area contributed by atoms with Crippen molar-refractivity contribution in [3.05, 3.63) is 64.3 Å². The molecule has 2 amide bonds. The van der Waals surface area contributed by atoms with Crippen LogP contribution in [0.4, 0.5) is 5.69 Å². The molecule has 1 aliphatic carbocycles. The Morgan fingerprint density at radius 2 is 1.74 bits per heavy atom. The number of piperazine rings is 1. The quantitative estimate of drug-likeness (QED) is 0.471. The molecule has 1 aromatic heterocycles. The summed E-state index contributed by atoms with van der Waals surface area (Å²) in [5.41, 5.74) is 2.10. The molecule has 1 saturated carbocycles. The van der Waals surface area contributed by atoms with Crippen molar-refractivity contribution in [1.29, 1.82) is 0 Å². The Hall–Kier alpha value is -2.87. The second-order valence-corrected chi connectivity index (χ2v) is 11.1. The Balaban J connectivity index is 1.36. The molecular weight excluding hydrogens is 523 g/mol. The second-order valence-electron chi connectivity index (χ2n) is 10.3. The standard InChI is InChI=1S/C29H32Cl2N4O3/c1-33-12-14-34(15-13-33)29(38)20-6-8-22(9-7-20)35(25-11-10-23(30)28(37)27(25)31)26(36)17-19-16-21-4-2-3-5-24(21)32-18-19/h2-5,10-11,16,18,20,22,37H,6-9,12-15,17H2,1H3. The zero-order valence-electron chi connectivity index (χ0n) is 21.4. The molecule has 2 heterocycles. The average Bonchev–Trinajstić information content (AvgIpc) is 2.93. The fourth-order valence-corrected chi connectivity index (χ4v) is 6.05. The predicted octanol–water partition coefficient (Wildman–Crippen LogP) is 5.16. The van der Waals surface area contributed by atoms with Gasteiger partial charge in [0.05, 0.1) is 22.6 Å². The minimum Gasteiger partial charge on any atom is -0.505 e. The first-order chi connectivity index (χ1) is 18.3. The number of hydrogen-bond donors (Lipinski definition) is 1. The maximum absolute atomic E-state index is 13.8. The van der Waals surface area contributed by atoms with Crippen molar-refractivity contribution in [2.24, 2.45) is 5.92 Å². The smallest absolute Gasteiger partial charge is 0.231 e. The van der Waals surface area contributed by atoms with Crippen molar-refractivity contribution in [2.45, 2.75) is 38.1 Å². The number of para-hydroxylation sites is 1. The van der Waals surface area contributed by atoms with Crippen LogP contribution >= 0.6 is 23.2 Å². The Kier molecular flexibility index (Phi) is 8.07. The molecule has 38 heavy (non-hydrogen) atoms. The van der Waals surface area contributed by atoms with E-state index in [1.807, 2.05) is 35.2 Å². The van der Waals surface area contributed by atoms with Gasteiger partial charge in [0, 0.05) is 49.7 Å². The monoisotopic (exact) mass is 554 g/mol. The van der Waals surface area contributed by atoms with Gasteiger partial charge < -0.3 is 19.8 Å². The highest BCUT2D eigenvalue weighted by molar-refractivity contribution is 6.39. The van der Waals surface area contributed by atoms with Crippen LogP contribution in [0.15, 0.2) is 48.7 Å². The lowest BCUT2D eigenvalue weighted by Crippen LogP contribution is -2.50. The molecular formula is C29H32Cl2N4O3. The van der Waals surface area contributed by atoms with Gasteiger partial charge in [0.15, 0.2) is 5.75 Å². The number of aromatic hydroxyl groups is 1. The number of anilines is 1. The summed E-state index contributed by atoms with van der Waals surface area (Å²) in [5.74, 6) is -0.196. The number of carbonyl (C=O) groups excluding carboxylic acids is 2. The van der Waals surface area contributed by atoms with Crippen molar-refractivity contribution in [1.82, 2.24) is 14.8 Å². The van der Waals surface area contributed by atoms with Gasteiger partial charge in [0.1, 0.15) is 5.02 Å². The third-order valence-corrected chi connectivity index (χ3v) is 8.48. The minimum absolute atomic E-state index is 0.0367. The lowest BCUT2D eigenvalue weighted by Gasteiger charge is -2.39. The summed E-state index contributed by atoms with van der Waals surface area (Å²) in [6.45, 7) is 3.32. The minimum atomic E-state index is -0.241. The van der Waals surface area contributed by atoms with E-state index in [2.05, 4.69) is 16.9 Å². The number of fused-ring (bicyclic) bond motifs is 1. The van der Waals surface area contributed by atoms with Gasteiger partial charge in [-0.3, -0.25) is 14.6 Å². The van der Waals surface area contributed by atoms with Crippen molar-refractivity contribution in [3.8, 4) is 5.75 Å². The number of pyridine rings is 1. The number of rotatable bonds is 5.